The van der Waals surface area contributed by atoms with E-state index in [-0.39, 0.29) is 30.3 Å². The predicted octanol–water partition coefficient (Wildman–Crippen LogP) is 5.63. The van der Waals surface area contributed by atoms with E-state index in [4.69, 9.17) is 4.74 Å². The Labute approximate surface area is 234 Å². The first kappa shape index (κ1) is 31.4. The normalized spacial score (nSPS) is 16.4. The molecule has 1 heterocycles. The Bertz CT molecular complexity index is 1300. The molecule has 2 aromatic rings. The van der Waals surface area contributed by atoms with Gasteiger partial charge in [0.25, 0.3) is 5.91 Å². The van der Waals surface area contributed by atoms with Crippen LogP contribution in [0.4, 0.5) is 18.0 Å². The van der Waals surface area contributed by atoms with Gasteiger partial charge in [0, 0.05) is 25.0 Å². The van der Waals surface area contributed by atoms with Crippen LogP contribution in [0.2, 0.25) is 0 Å². The lowest BCUT2D eigenvalue weighted by molar-refractivity contribution is -0.142. The molecule has 7 nitrogen and oxygen atoms in total. The van der Waals surface area contributed by atoms with Gasteiger partial charge in [-0.3, -0.25) is 4.79 Å². The Morgan fingerprint density at radius 1 is 0.975 bits per heavy atom. The number of hydrogen-bond acceptors (Lipinski definition) is 5. The van der Waals surface area contributed by atoms with Crippen LogP contribution >= 0.6 is 0 Å². The number of ether oxygens (including phenoxy) is 1. The third kappa shape index (κ3) is 7.56. The fraction of sp³-hybridized carbons (Fsp3) is 0.517. The number of likely N-dealkylation sites (tertiary alicyclic amines) is 1. The number of sulfone groups is 1. The van der Waals surface area contributed by atoms with Crippen LogP contribution < -0.4 is 5.32 Å². The Morgan fingerprint density at radius 3 is 2.12 bits per heavy atom. The summed E-state index contributed by atoms with van der Waals surface area (Å²) in [5.74, 6) is -0.793. The summed E-state index contributed by atoms with van der Waals surface area (Å²) in [5.41, 5.74) is -0.774. The first-order valence-electron chi connectivity index (χ1n) is 13.2. The number of nitrogens with one attached hydrogen (secondary N) is 1. The standard InChI is InChI=1S/C29H37F3N2O5S/c1-27(2,3)33-26(36)39-24(18-20-10-7-6-8-11-20)25(35)34-16-14-21(15-17-34)28(4,5)40(37,38)23-13-9-12-22(19-23)29(30,31)32/h6-13,19,21,24H,14-18H2,1-5H3,(H,33,36)/t24-/m0/s1. The molecule has 1 saturated heterocycles. The smallest absolute Gasteiger partial charge is 0.416 e. The Balaban J connectivity index is 1.74. The van der Waals surface area contributed by atoms with Gasteiger partial charge in [0.15, 0.2) is 15.9 Å². The number of carbonyl (C=O) groups is 2. The summed E-state index contributed by atoms with van der Waals surface area (Å²) in [5, 5.41) is 2.70. The molecule has 11 heteroatoms. The van der Waals surface area contributed by atoms with Crippen LogP contribution in [0, 0.1) is 5.92 Å². The van der Waals surface area contributed by atoms with E-state index in [0.717, 1.165) is 17.7 Å². The molecular weight excluding hydrogens is 545 g/mol. The monoisotopic (exact) mass is 582 g/mol. The molecule has 2 amide bonds. The molecule has 1 fully saturated rings. The minimum Gasteiger partial charge on any atom is -0.436 e. The Hall–Kier alpha value is -3.08. The topological polar surface area (TPSA) is 92.8 Å². The molecule has 1 N–H and O–H groups in total. The first-order chi connectivity index (χ1) is 18.4. The summed E-state index contributed by atoms with van der Waals surface area (Å²) < 4.78 is 70.8. The summed E-state index contributed by atoms with van der Waals surface area (Å²) in [7, 11) is -4.13. The molecule has 220 valence electrons. The van der Waals surface area contributed by atoms with Crippen molar-refractivity contribution in [3.63, 3.8) is 0 Å². The number of alkyl halides is 3. The fourth-order valence-corrected chi connectivity index (χ4v) is 6.66. The zero-order valence-corrected chi connectivity index (χ0v) is 24.2. The van der Waals surface area contributed by atoms with E-state index in [2.05, 4.69) is 5.32 Å². The molecule has 3 rings (SSSR count). The van der Waals surface area contributed by atoms with Crippen molar-refractivity contribution in [3.8, 4) is 0 Å². The number of hydrogen-bond donors (Lipinski definition) is 1. The number of rotatable bonds is 7. The van der Waals surface area contributed by atoms with Gasteiger partial charge in [-0.05, 0) is 77.1 Å². The molecule has 1 aliphatic heterocycles. The molecule has 1 atom stereocenters. The van der Waals surface area contributed by atoms with Crippen molar-refractivity contribution >= 4 is 21.8 Å². The maximum atomic E-state index is 13.5. The van der Waals surface area contributed by atoms with Crippen LogP contribution in [0.15, 0.2) is 59.5 Å². The zero-order chi connectivity index (χ0) is 29.9. The van der Waals surface area contributed by atoms with Crippen LogP contribution in [0.1, 0.15) is 58.6 Å². The van der Waals surface area contributed by atoms with Crippen LogP contribution in [0.3, 0.4) is 0 Å². The van der Waals surface area contributed by atoms with Crippen molar-refractivity contribution in [3.05, 3.63) is 65.7 Å². The minimum atomic E-state index is -4.66. The van der Waals surface area contributed by atoms with E-state index in [1.165, 1.54) is 19.9 Å². The van der Waals surface area contributed by atoms with Gasteiger partial charge in [-0.2, -0.15) is 13.2 Å². The van der Waals surface area contributed by atoms with Gasteiger partial charge in [-0.15, -0.1) is 0 Å². The number of piperidine rings is 1. The van der Waals surface area contributed by atoms with Crippen LogP contribution in [0.5, 0.6) is 0 Å². The molecule has 1 aliphatic rings. The molecular formula is C29H37F3N2O5S. The third-order valence-electron chi connectivity index (χ3n) is 7.22. The van der Waals surface area contributed by atoms with E-state index in [1.54, 1.807) is 25.7 Å². The van der Waals surface area contributed by atoms with E-state index >= 15 is 0 Å². The van der Waals surface area contributed by atoms with Gasteiger partial charge in [0.2, 0.25) is 0 Å². The number of alkyl carbamates (subject to hydrolysis) is 1. The maximum absolute atomic E-state index is 13.5. The quantitative estimate of drug-likeness (QED) is 0.457. The van der Waals surface area contributed by atoms with Crippen LogP contribution in [-0.2, 0) is 32.0 Å². The number of halogens is 3. The highest BCUT2D eigenvalue weighted by Crippen LogP contribution is 2.39. The summed E-state index contributed by atoms with van der Waals surface area (Å²) in [6.07, 6.45) is -5.64. The molecule has 0 aliphatic carbocycles. The Kier molecular flexibility index (Phi) is 9.28. The largest absolute Gasteiger partial charge is 0.436 e. The second kappa shape index (κ2) is 11.8. The van der Waals surface area contributed by atoms with E-state index in [0.29, 0.717) is 18.9 Å². The van der Waals surface area contributed by atoms with E-state index in [1.807, 2.05) is 30.3 Å². The number of nitrogens with zero attached hydrogens (tertiary/aromatic N) is 1. The molecule has 40 heavy (non-hydrogen) atoms. The summed E-state index contributed by atoms with van der Waals surface area (Å²) >= 11 is 0. The number of carbonyl (C=O) groups excluding carboxylic acids is 2. The van der Waals surface area contributed by atoms with Crippen LogP contribution in [0.25, 0.3) is 0 Å². The van der Waals surface area contributed by atoms with E-state index < -0.39 is 50.0 Å². The maximum Gasteiger partial charge on any atom is 0.416 e. The first-order valence-corrected chi connectivity index (χ1v) is 14.6. The van der Waals surface area contributed by atoms with Gasteiger partial charge < -0.3 is 15.0 Å². The van der Waals surface area contributed by atoms with Gasteiger partial charge >= 0.3 is 12.3 Å². The number of benzene rings is 2. The van der Waals surface area contributed by atoms with Gasteiger partial charge in [0.05, 0.1) is 15.2 Å². The van der Waals surface area contributed by atoms with Gasteiger partial charge in [-0.25, -0.2) is 13.2 Å². The molecule has 0 spiro atoms. The SMILES string of the molecule is CC(C)(C)NC(=O)O[C@@H](Cc1ccccc1)C(=O)N1CCC(C(C)(C)S(=O)(=O)c2cccc(C(F)(F)F)c2)CC1. The van der Waals surface area contributed by atoms with Crippen LogP contribution in [-0.4, -0.2) is 54.8 Å². The summed E-state index contributed by atoms with van der Waals surface area (Å²) in [4.78, 5) is 27.2. The Morgan fingerprint density at radius 2 is 1.57 bits per heavy atom. The average molecular weight is 583 g/mol. The fourth-order valence-electron chi connectivity index (χ4n) is 4.83. The second-order valence-corrected chi connectivity index (χ2v) is 14.2. The van der Waals surface area contributed by atoms with Crippen molar-refractivity contribution in [2.75, 3.05) is 13.1 Å². The molecule has 0 unspecified atom stereocenters. The van der Waals surface area contributed by atoms with Crippen molar-refractivity contribution in [1.29, 1.82) is 0 Å². The summed E-state index contributed by atoms with van der Waals surface area (Å²) in [6, 6.07) is 12.9. The minimum absolute atomic E-state index is 0.173. The lowest BCUT2D eigenvalue weighted by Crippen LogP contribution is -2.51. The molecule has 0 saturated carbocycles. The number of amides is 2. The second-order valence-electron chi connectivity index (χ2n) is 11.7. The molecule has 0 radical (unpaired) electrons. The third-order valence-corrected chi connectivity index (χ3v) is 9.81. The highest BCUT2D eigenvalue weighted by molar-refractivity contribution is 7.92. The molecule has 0 aromatic heterocycles. The van der Waals surface area contributed by atoms with Crippen molar-refractivity contribution < 1.29 is 35.9 Å². The molecule has 2 aromatic carbocycles. The highest BCUT2D eigenvalue weighted by atomic mass is 32.2. The van der Waals surface area contributed by atoms with Crippen molar-refractivity contribution in [2.45, 2.75) is 81.3 Å². The average Bonchev–Trinajstić information content (AvgIpc) is 2.87. The molecule has 0 bridgehead atoms. The van der Waals surface area contributed by atoms with Crippen molar-refractivity contribution in [2.24, 2.45) is 5.92 Å². The zero-order valence-electron chi connectivity index (χ0n) is 23.4. The van der Waals surface area contributed by atoms with Gasteiger partial charge in [0.1, 0.15) is 0 Å². The highest BCUT2D eigenvalue weighted by Gasteiger charge is 2.45. The van der Waals surface area contributed by atoms with Gasteiger partial charge in [-0.1, -0.05) is 36.4 Å². The predicted molar refractivity (Wildman–Crippen MR) is 145 cm³/mol. The lowest BCUT2D eigenvalue weighted by atomic mass is 9.85. The summed E-state index contributed by atoms with van der Waals surface area (Å²) in [6.45, 7) is 8.86. The van der Waals surface area contributed by atoms with Crippen molar-refractivity contribution in [1.82, 2.24) is 10.2 Å². The lowest BCUT2D eigenvalue weighted by Gasteiger charge is -2.41. The van der Waals surface area contributed by atoms with E-state index in [9.17, 15) is 31.2 Å².